The van der Waals surface area contributed by atoms with Crippen LogP contribution < -0.4 is 14.8 Å². The fourth-order valence-electron chi connectivity index (χ4n) is 3.27. The molecule has 1 aliphatic heterocycles. The van der Waals surface area contributed by atoms with Gasteiger partial charge < -0.3 is 14.8 Å². The summed E-state index contributed by atoms with van der Waals surface area (Å²) in [5, 5.41) is 3.04. The third kappa shape index (κ3) is 3.95. The van der Waals surface area contributed by atoms with Crippen LogP contribution in [0.2, 0.25) is 0 Å². The van der Waals surface area contributed by atoms with Gasteiger partial charge in [-0.15, -0.1) is 0 Å². The van der Waals surface area contributed by atoms with Crippen molar-refractivity contribution in [2.24, 2.45) is 0 Å². The number of hydrogen-bond acceptors (Lipinski definition) is 3. The van der Waals surface area contributed by atoms with E-state index < -0.39 is 0 Å². The number of carbonyl (C=O) groups is 1. The van der Waals surface area contributed by atoms with Crippen molar-refractivity contribution in [3.8, 4) is 11.5 Å². The summed E-state index contributed by atoms with van der Waals surface area (Å²) in [7, 11) is 0. The number of hydrogen-bond donors (Lipinski definition) is 1. The van der Waals surface area contributed by atoms with Crippen molar-refractivity contribution in [3.05, 3.63) is 96.1 Å². The maximum Gasteiger partial charge on any atom is 0.232 e. The zero-order chi connectivity index (χ0) is 18.5. The van der Waals surface area contributed by atoms with Gasteiger partial charge in [0.15, 0.2) is 11.5 Å². The first-order valence-electron chi connectivity index (χ1n) is 9.07. The summed E-state index contributed by atoms with van der Waals surface area (Å²) in [5.41, 5.74) is 1.93. The monoisotopic (exact) mass is 359 g/mol. The van der Waals surface area contributed by atoms with Gasteiger partial charge in [0.1, 0.15) is 12.7 Å². The van der Waals surface area contributed by atoms with Crippen LogP contribution in [-0.4, -0.2) is 25.2 Å². The molecule has 1 unspecified atom stereocenters. The second-order valence-electron chi connectivity index (χ2n) is 6.50. The Kier molecular flexibility index (Phi) is 5.06. The van der Waals surface area contributed by atoms with E-state index in [-0.39, 0.29) is 17.9 Å². The van der Waals surface area contributed by atoms with Gasteiger partial charge >= 0.3 is 0 Å². The smallest absolute Gasteiger partial charge is 0.232 e. The molecule has 1 aliphatic rings. The predicted octanol–water partition coefficient (Wildman–Crippen LogP) is 3.77. The van der Waals surface area contributed by atoms with Gasteiger partial charge in [0.05, 0.1) is 12.5 Å². The number of amides is 1. The van der Waals surface area contributed by atoms with Gasteiger partial charge in [-0.2, -0.15) is 0 Å². The van der Waals surface area contributed by atoms with Crippen molar-refractivity contribution in [1.82, 2.24) is 5.32 Å². The normalized spacial score (nSPS) is 15.4. The average Bonchev–Trinajstić information content (AvgIpc) is 2.74. The minimum absolute atomic E-state index is 0.0464. The first-order chi connectivity index (χ1) is 13.3. The van der Waals surface area contributed by atoms with Gasteiger partial charge in [0.25, 0.3) is 0 Å². The fourth-order valence-corrected chi connectivity index (χ4v) is 3.27. The summed E-state index contributed by atoms with van der Waals surface area (Å²) in [6, 6.07) is 27.2. The summed E-state index contributed by atoms with van der Waals surface area (Å²) in [6.45, 7) is 0.808. The van der Waals surface area contributed by atoms with E-state index in [1.165, 1.54) is 0 Å². The van der Waals surface area contributed by atoms with E-state index in [0.29, 0.717) is 18.9 Å². The third-order valence-electron chi connectivity index (χ3n) is 4.60. The number of rotatable bonds is 5. The van der Waals surface area contributed by atoms with Crippen LogP contribution in [0.25, 0.3) is 0 Å². The van der Waals surface area contributed by atoms with Gasteiger partial charge in [0, 0.05) is 0 Å². The Hall–Kier alpha value is -3.27. The Morgan fingerprint density at radius 3 is 2.04 bits per heavy atom. The van der Waals surface area contributed by atoms with Crippen LogP contribution in [0.4, 0.5) is 0 Å². The molecule has 1 atom stereocenters. The Morgan fingerprint density at radius 2 is 1.41 bits per heavy atom. The van der Waals surface area contributed by atoms with E-state index in [1.807, 2.05) is 84.9 Å². The van der Waals surface area contributed by atoms with E-state index in [2.05, 4.69) is 5.32 Å². The van der Waals surface area contributed by atoms with Gasteiger partial charge in [0.2, 0.25) is 5.91 Å². The Balaban J connectivity index is 1.47. The van der Waals surface area contributed by atoms with Crippen LogP contribution in [0.3, 0.4) is 0 Å². The number of ether oxygens (including phenoxy) is 2. The minimum Gasteiger partial charge on any atom is -0.486 e. The predicted molar refractivity (Wildman–Crippen MR) is 104 cm³/mol. The summed E-state index contributed by atoms with van der Waals surface area (Å²) >= 11 is 0. The zero-order valence-corrected chi connectivity index (χ0v) is 14.9. The number of para-hydroxylation sites is 2. The highest BCUT2D eigenvalue weighted by Crippen LogP contribution is 2.31. The van der Waals surface area contributed by atoms with Gasteiger partial charge in [-0.25, -0.2) is 0 Å². The molecule has 27 heavy (non-hydrogen) atoms. The van der Waals surface area contributed by atoms with Crippen LogP contribution in [0.1, 0.15) is 17.0 Å². The number of fused-ring (bicyclic) bond motifs is 1. The summed E-state index contributed by atoms with van der Waals surface area (Å²) in [6.07, 6.45) is -0.212. The lowest BCUT2D eigenvalue weighted by molar-refractivity contribution is -0.122. The van der Waals surface area contributed by atoms with Crippen LogP contribution in [0.15, 0.2) is 84.9 Å². The van der Waals surface area contributed by atoms with Crippen molar-refractivity contribution in [2.45, 2.75) is 12.0 Å². The number of carbonyl (C=O) groups excluding carboxylic acids is 1. The number of nitrogens with one attached hydrogen (secondary N) is 1. The fraction of sp³-hybridized carbons (Fsp3) is 0.174. The molecule has 0 aromatic heterocycles. The molecule has 0 aliphatic carbocycles. The molecule has 3 aromatic carbocycles. The van der Waals surface area contributed by atoms with Crippen molar-refractivity contribution < 1.29 is 14.3 Å². The van der Waals surface area contributed by atoms with Crippen molar-refractivity contribution in [2.75, 3.05) is 13.2 Å². The molecule has 3 aromatic rings. The largest absolute Gasteiger partial charge is 0.486 e. The van der Waals surface area contributed by atoms with E-state index in [0.717, 1.165) is 16.9 Å². The lowest BCUT2D eigenvalue weighted by Gasteiger charge is -2.27. The van der Waals surface area contributed by atoms with E-state index >= 15 is 0 Å². The molecule has 4 rings (SSSR count). The highest BCUT2D eigenvalue weighted by Gasteiger charge is 2.25. The maximum atomic E-state index is 13.0. The standard InChI is InChI=1S/C23H21NO3/c25-23(24-15-19-16-26-20-13-7-8-14-21(20)27-19)22(17-9-3-1-4-10-17)18-11-5-2-6-12-18/h1-14,19,22H,15-16H2,(H,24,25). The Morgan fingerprint density at radius 1 is 0.852 bits per heavy atom. The van der Waals surface area contributed by atoms with E-state index in [9.17, 15) is 4.79 Å². The zero-order valence-electron chi connectivity index (χ0n) is 14.9. The molecule has 0 radical (unpaired) electrons. The van der Waals surface area contributed by atoms with Gasteiger partial charge in [-0.05, 0) is 23.3 Å². The molecule has 1 N–H and O–H groups in total. The van der Waals surface area contributed by atoms with E-state index in [1.54, 1.807) is 0 Å². The highest BCUT2D eigenvalue weighted by molar-refractivity contribution is 5.87. The molecule has 4 nitrogen and oxygen atoms in total. The van der Waals surface area contributed by atoms with Crippen LogP contribution in [-0.2, 0) is 4.79 Å². The first-order valence-corrected chi connectivity index (χ1v) is 9.07. The molecule has 0 bridgehead atoms. The summed E-state index contributed by atoms with van der Waals surface area (Å²) in [5.74, 6) is 1.05. The maximum absolute atomic E-state index is 13.0. The van der Waals surface area contributed by atoms with Crippen molar-refractivity contribution in [3.63, 3.8) is 0 Å². The minimum atomic E-state index is -0.357. The average molecular weight is 359 g/mol. The lowest BCUT2D eigenvalue weighted by Crippen LogP contribution is -2.42. The van der Waals surface area contributed by atoms with Crippen molar-refractivity contribution >= 4 is 5.91 Å². The van der Waals surface area contributed by atoms with Gasteiger partial charge in [-0.1, -0.05) is 72.8 Å². The second kappa shape index (κ2) is 7.96. The quantitative estimate of drug-likeness (QED) is 0.754. The topological polar surface area (TPSA) is 47.6 Å². The van der Waals surface area contributed by atoms with Crippen LogP contribution >= 0.6 is 0 Å². The Bertz CT molecular complexity index is 856. The van der Waals surface area contributed by atoms with Crippen LogP contribution in [0.5, 0.6) is 11.5 Å². The summed E-state index contributed by atoms with van der Waals surface area (Å²) in [4.78, 5) is 13.0. The molecule has 1 heterocycles. The molecule has 0 fully saturated rings. The molecule has 136 valence electrons. The lowest BCUT2D eigenvalue weighted by atomic mass is 9.90. The molecular formula is C23H21NO3. The molecular weight excluding hydrogens is 338 g/mol. The molecule has 1 amide bonds. The third-order valence-corrected chi connectivity index (χ3v) is 4.60. The second-order valence-corrected chi connectivity index (χ2v) is 6.50. The van der Waals surface area contributed by atoms with Gasteiger partial charge in [-0.3, -0.25) is 4.79 Å². The molecule has 4 heteroatoms. The van der Waals surface area contributed by atoms with E-state index in [4.69, 9.17) is 9.47 Å². The highest BCUT2D eigenvalue weighted by atomic mass is 16.6. The molecule has 0 spiro atoms. The summed E-state index contributed by atoms with van der Waals surface area (Å²) < 4.78 is 11.7. The molecule has 0 saturated carbocycles. The van der Waals surface area contributed by atoms with Crippen molar-refractivity contribution in [1.29, 1.82) is 0 Å². The molecule has 0 saturated heterocycles. The Labute approximate surface area is 158 Å². The van der Waals surface area contributed by atoms with Crippen LogP contribution in [0, 0.1) is 0 Å². The SMILES string of the molecule is O=C(NCC1COc2ccccc2O1)C(c1ccccc1)c1ccccc1. The number of benzene rings is 3. The first kappa shape index (κ1) is 17.2.